The van der Waals surface area contributed by atoms with Crippen molar-refractivity contribution in [2.24, 2.45) is 0 Å². The normalized spacial score (nSPS) is 10.6. The molecule has 124 valence electrons. The van der Waals surface area contributed by atoms with Crippen molar-refractivity contribution in [3.8, 4) is 0 Å². The number of halogens is 2. The molecule has 0 amide bonds. The Kier molecular flexibility index (Phi) is 7.11. The van der Waals surface area contributed by atoms with Crippen molar-refractivity contribution >= 4 is 46.2 Å². The number of thiocarbonyl (C=S) groups is 1. The molecule has 2 rings (SSSR count). The summed E-state index contributed by atoms with van der Waals surface area (Å²) in [6.07, 6.45) is 4.48. The monoisotopic (exact) mass is 372 g/mol. The first kappa shape index (κ1) is 18.0. The van der Waals surface area contributed by atoms with Gasteiger partial charge in [-0.15, -0.1) is 0 Å². The second kappa shape index (κ2) is 9.08. The third-order valence-electron chi connectivity index (χ3n) is 3.05. The van der Waals surface area contributed by atoms with Gasteiger partial charge in [0.05, 0.1) is 18.4 Å². The first-order valence-electron chi connectivity index (χ1n) is 7.08. The van der Waals surface area contributed by atoms with E-state index >= 15 is 0 Å². The van der Waals surface area contributed by atoms with Gasteiger partial charge < -0.3 is 15.4 Å². The van der Waals surface area contributed by atoms with Crippen molar-refractivity contribution in [1.29, 1.82) is 0 Å². The largest absolute Gasteiger partial charge is 0.385 e. The zero-order valence-electron chi connectivity index (χ0n) is 12.7. The van der Waals surface area contributed by atoms with E-state index in [9.17, 15) is 0 Å². The average Bonchev–Trinajstić information content (AvgIpc) is 2.94. The number of hydrogen-bond acceptors (Lipinski definition) is 3. The van der Waals surface area contributed by atoms with Crippen LogP contribution in [0.1, 0.15) is 12.0 Å². The molecule has 2 N–H and O–H groups in total. The van der Waals surface area contributed by atoms with Crippen LogP contribution in [0.4, 0.5) is 5.69 Å². The smallest absolute Gasteiger partial charge is 0.170 e. The van der Waals surface area contributed by atoms with Gasteiger partial charge in [0.1, 0.15) is 0 Å². The standard InChI is InChI=1S/C15H18Cl2N4OS/c1-22-6-2-5-18-15(23)20-13-8-19-21(10-13)9-11-3-4-12(16)7-14(11)17/h3-4,7-8,10H,2,5-6,9H2,1H3,(H2,18,20,23). The highest BCUT2D eigenvalue weighted by atomic mass is 35.5. The van der Waals surface area contributed by atoms with Gasteiger partial charge >= 0.3 is 0 Å². The van der Waals surface area contributed by atoms with E-state index in [1.54, 1.807) is 24.1 Å². The zero-order chi connectivity index (χ0) is 16.7. The molecule has 0 radical (unpaired) electrons. The zero-order valence-corrected chi connectivity index (χ0v) is 15.0. The molecule has 2 aromatic rings. The highest BCUT2D eigenvalue weighted by Crippen LogP contribution is 2.22. The molecule has 0 fully saturated rings. The quantitative estimate of drug-likeness (QED) is 0.574. The van der Waals surface area contributed by atoms with Gasteiger partial charge in [0.2, 0.25) is 0 Å². The molecule has 0 saturated carbocycles. The highest BCUT2D eigenvalue weighted by Gasteiger charge is 2.05. The molecule has 0 bridgehead atoms. The summed E-state index contributed by atoms with van der Waals surface area (Å²) < 4.78 is 6.77. The van der Waals surface area contributed by atoms with Crippen LogP contribution in [0, 0.1) is 0 Å². The Labute approximate surface area is 150 Å². The summed E-state index contributed by atoms with van der Waals surface area (Å²) in [7, 11) is 1.68. The van der Waals surface area contributed by atoms with Crippen molar-refractivity contribution in [3.05, 3.63) is 46.2 Å². The summed E-state index contributed by atoms with van der Waals surface area (Å²) in [4.78, 5) is 0. The van der Waals surface area contributed by atoms with Gasteiger partial charge in [0.15, 0.2) is 5.11 Å². The summed E-state index contributed by atoms with van der Waals surface area (Å²) in [5, 5.41) is 12.3. The maximum Gasteiger partial charge on any atom is 0.170 e. The van der Waals surface area contributed by atoms with Gasteiger partial charge in [-0.1, -0.05) is 29.3 Å². The molecule has 1 heterocycles. The van der Waals surface area contributed by atoms with Gasteiger partial charge in [-0.05, 0) is 36.3 Å². The summed E-state index contributed by atoms with van der Waals surface area (Å²) in [5.41, 5.74) is 1.77. The summed E-state index contributed by atoms with van der Waals surface area (Å²) in [5.74, 6) is 0. The lowest BCUT2D eigenvalue weighted by molar-refractivity contribution is 0.196. The molecule has 0 aliphatic rings. The van der Waals surface area contributed by atoms with Crippen LogP contribution in [-0.4, -0.2) is 35.2 Å². The van der Waals surface area contributed by atoms with E-state index in [4.69, 9.17) is 40.2 Å². The summed E-state index contributed by atoms with van der Waals surface area (Å²) in [6.45, 7) is 2.02. The molecule has 0 aliphatic carbocycles. The van der Waals surface area contributed by atoms with E-state index in [-0.39, 0.29) is 0 Å². The predicted molar refractivity (Wildman–Crippen MR) is 98.5 cm³/mol. The Balaban J connectivity index is 1.86. The number of benzene rings is 1. The molecule has 0 saturated heterocycles. The minimum Gasteiger partial charge on any atom is -0.385 e. The second-order valence-electron chi connectivity index (χ2n) is 4.89. The maximum absolute atomic E-state index is 6.17. The van der Waals surface area contributed by atoms with Gasteiger partial charge in [0, 0.05) is 36.5 Å². The Bertz CT molecular complexity index is 663. The fourth-order valence-corrected chi connectivity index (χ4v) is 2.62. The van der Waals surface area contributed by atoms with E-state index in [2.05, 4.69) is 15.7 Å². The number of anilines is 1. The maximum atomic E-state index is 6.17. The Morgan fingerprint density at radius 2 is 2.22 bits per heavy atom. The van der Waals surface area contributed by atoms with Gasteiger partial charge in [-0.25, -0.2) is 0 Å². The number of ether oxygens (including phenoxy) is 1. The van der Waals surface area contributed by atoms with Crippen LogP contribution >= 0.6 is 35.4 Å². The van der Waals surface area contributed by atoms with Crippen LogP contribution in [0.3, 0.4) is 0 Å². The molecule has 0 spiro atoms. The topological polar surface area (TPSA) is 51.1 Å². The van der Waals surface area contributed by atoms with Crippen molar-refractivity contribution in [3.63, 3.8) is 0 Å². The van der Waals surface area contributed by atoms with E-state index in [1.165, 1.54) is 0 Å². The second-order valence-corrected chi connectivity index (χ2v) is 6.14. The molecular weight excluding hydrogens is 355 g/mol. The lowest BCUT2D eigenvalue weighted by Gasteiger charge is -2.08. The van der Waals surface area contributed by atoms with Crippen molar-refractivity contribution in [2.45, 2.75) is 13.0 Å². The van der Waals surface area contributed by atoms with Crippen LogP contribution < -0.4 is 10.6 Å². The molecule has 1 aromatic heterocycles. The van der Waals surface area contributed by atoms with Crippen molar-refractivity contribution in [1.82, 2.24) is 15.1 Å². The highest BCUT2D eigenvalue weighted by molar-refractivity contribution is 7.80. The van der Waals surface area contributed by atoms with Gasteiger partial charge in [-0.2, -0.15) is 5.10 Å². The minimum atomic E-state index is 0.560. The predicted octanol–water partition coefficient (Wildman–Crippen LogP) is 3.56. The third-order valence-corrected chi connectivity index (χ3v) is 3.88. The SMILES string of the molecule is COCCCNC(=S)Nc1cnn(Cc2ccc(Cl)cc2Cl)c1. The number of nitrogens with zero attached hydrogens (tertiary/aromatic N) is 2. The summed E-state index contributed by atoms with van der Waals surface area (Å²) >= 11 is 17.3. The summed E-state index contributed by atoms with van der Waals surface area (Å²) in [6, 6.07) is 5.42. The molecule has 0 atom stereocenters. The van der Waals surface area contributed by atoms with Crippen molar-refractivity contribution < 1.29 is 4.74 Å². The fourth-order valence-electron chi connectivity index (χ4n) is 1.93. The van der Waals surface area contributed by atoms with Crippen LogP contribution in [0.2, 0.25) is 10.0 Å². The first-order valence-corrected chi connectivity index (χ1v) is 8.25. The van der Waals surface area contributed by atoms with E-state index in [0.29, 0.717) is 28.3 Å². The third kappa shape index (κ3) is 5.99. The van der Waals surface area contributed by atoms with Gasteiger partial charge in [0.25, 0.3) is 0 Å². The van der Waals surface area contributed by atoms with Gasteiger partial charge in [-0.3, -0.25) is 4.68 Å². The molecule has 1 aromatic carbocycles. The fraction of sp³-hybridized carbons (Fsp3) is 0.333. The number of nitrogens with one attached hydrogen (secondary N) is 2. The number of rotatable bonds is 7. The van der Waals surface area contributed by atoms with Crippen LogP contribution in [0.5, 0.6) is 0 Å². The Morgan fingerprint density at radius 1 is 1.39 bits per heavy atom. The van der Waals surface area contributed by atoms with E-state index in [1.807, 2.05) is 18.3 Å². The average molecular weight is 373 g/mol. The number of methoxy groups -OCH3 is 1. The number of aromatic nitrogens is 2. The first-order chi connectivity index (χ1) is 11.1. The molecule has 0 aliphatic heterocycles. The molecule has 5 nitrogen and oxygen atoms in total. The lowest BCUT2D eigenvalue weighted by Crippen LogP contribution is -2.29. The Morgan fingerprint density at radius 3 is 2.96 bits per heavy atom. The minimum absolute atomic E-state index is 0.560. The molecule has 8 heteroatoms. The van der Waals surface area contributed by atoms with Crippen LogP contribution in [-0.2, 0) is 11.3 Å². The Hall–Kier alpha value is -1.34. The molecule has 0 unspecified atom stereocenters. The number of hydrogen-bond donors (Lipinski definition) is 2. The van der Waals surface area contributed by atoms with Crippen LogP contribution in [0.15, 0.2) is 30.6 Å². The van der Waals surface area contributed by atoms with E-state index < -0.39 is 0 Å². The molecular formula is C15H18Cl2N4OS. The lowest BCUT2D eigenvalue weighted by atomic mass is 10.2. The van der Waals surface area contributed by atoms with Crippen LogP contribution in [0.25, 0.3) is 0 Å². The molecule has 23 heavy (non-hydrogen) atoms. The van der Waals surface area contributed by atoms with Crippen molar-refractivity contribution in [2.75, 3.05) is 25.6 Å². The van der Waals surface area contributed by atoms with E-state index in [0.717, 1.165) is 24.2 Å².